The topological polar surface area (TPSA) is 60.2 Å². The number of benzene rings is 2. The van der Waals surface area contributed by atoms with E-state index in [9.17, 15) is 4.79 Å². The highest BCUT2D eigenvalue weighted by Gasteiger charge is 2.22. The van der Waals surface area contributed by atoms with E-state index in [1.165, 1.54) is 11.3 Å². The number of thioether (sulfide) groups is 1. The summed E-state index contributed by atoms with van der Waals surface area (Å²) in [5.74, 6) is 0.663. The molecule has 0 bridgehead atoms. The first kappa shape index (κ1) is 20.4. The zero-order chi connectivity index (χ0) is 20.9. The van der Waals surface area contributed by atoms with Crippen LogP contribution >= 0.6 is 23.1 Å². The van der Waals surface area contributed by atoms with E-state index in [4.69, 9.17) is 9.72 Å². The third kappa shape index (κ3) is 4.34. The Bertz CT molecular complexity index is 1140. The van der Waals surface area contributed by atoms with E-state index >= 15 is 0 Å². The zero-order valence-electron chi connectivity index (χ0n) is 16.8. The number of rotatable bonds is 8. The standard InChI is InChI=1S/C22H22N4O2S2/c1-3-28-18-9-5-10-19-20(18)24-22(30-19)26(14-13-25-12-6-11-23-25)21(27)16-7-4-8-17(15-16)29-2/h4-12,15H,3,13-14H2,1-2H3. The van der Waals surface area contributed by atoms with Crippen molar-refractivity contribution in [3.8, 4) is 5.75 Å². The lowest BCUT2D eigenvalue weighted by Crippen LogP contribution is -2.34. The molecular weight excluding hydrogens is 416 g/mol. The van der Waals surface area contributed by atoms with Gasteiger partial charge in [-0.05, 0) is 49.6 Å². The number of amides is 1. The van der Waals surface area contributed by atoms with Crippen LogP contribution < -0.4 is 9.64 Å². The Labute approximate surface area is 183 Å². The predicted molar refractivity (Wildman–Crippen MR) is 123 cm³/mol. The first-order chi connectivity index (χ1) is 14.7. The maximum Gasteiger partial charge on any atom is 0.260 e. The molecule has 0 radical (unpaired) electrons. The monoisotopic (exact) mass is 438 g/mol. The lowest BCUT2D eigenvalue weighted by atomic mass is 10.2. The van der Waals surface area contributed by atoms with Crippen molar-refractivity contribution in [2.75, 3.05) is 24.3 Å². The van der Waals surface area contributed by atoms with Crippen LogP contribution in [0, 0.1) is 0 Å². The molecule has 2 aromatic heterocycles. The van der Waals surface area contributed by atoms with Crippen molar-refractivity contribution in [2.45, 2.75) is 18.4 Å². The number of anilines is 1. The van der Waals surface area contributed by atoms with Crippen molar-refractivity contribution in [3.05, 3.63) is 66.5 Å². The quantitative estimate of drug-likeness (QED) is 0.364. The third-order valence-electron chi connectivity index (χ3n) is 4.58. The van der Waals surface area contributed by atoms with Crippen molar-refractivity contribution in [3.63, 3.8) is 0 Å². The van der Waals surface area contributed by atoms with E-state index < -0.39 is 0 Å². The van der Waals surface area contributed by atoms with Gasteiger partial charge in [0.05, 0.1) is 17.9 Å². The molecule has 0 N–H and O–H groups in total. The fourth-order valence-corrected chi connectivity index (χ4v) is 4.60. The average Bonchev–Trinajstić information content (AvgIpc) is 3.44. The Kier molecular flexibility index (Phi) is 6.35. The lowest BCUT2D eigenvalue weighted by Gasteiger charge is -2.20. The molecule has 0 spiro atoms. The fourth-order valence-electron chi connectivity index (χ4n) is 3.13. The molecule has 2 heterocycles. The fraction of sp³-hybridized carbons (Fsp3) is 0.227. The summed E-state index contributed by atoms with van der Waals surface area (Å²) in [6.07, 6.45) is 5.63. The second-order valence-corrected chi connectivity index (χ2v) is 8.38. The summed E-state index contributed by atoms with van der Waals surface area (Å²) in [5, 5.41) is 4.92. The van der Waals surface area contributed by atoms with E-state index in [1.54, 1.807) is 22.9 Å². The molecule has 0 aliphatic carbocycles. The van der Waals surface area contributed by atoms with Crippen LogP contribution in [0.15, 0.2) is 65.8 Å². The van der Waals surface area contributed by atoms with Crippen molar-refractivity contribution < 1.29 is 9.53 Å². The molecule has 4 rings (SSSR count). The average molecular weight is 439 g/mol. The number of hydrogen-bond acceptors (Lipinski definition) is 6. The second kappa shape index (κ2) is 9.32. The van der Waals surface area contributed by atoms with Gasteiger partial charge in [0.1, 0.15) is 11.3 Å². The van der Waals surface area contributed by atoms with E-state index in [2.05, 4.69) is 5.10 Å². The molecule has 30 heavy (non-hydrogen) atoms. The lowest BCUT2D eigenvalue weighted by molar-refractivity contribution is 0.0985. The van der Waals surface area contributed by atoms with Crippen LogP contribution in [0.2, 0.25) is 0 Å². The summed E-state index contributed by atoms with van der Waals surface area (Å²) >= 11 is 3.11. The van der Waals surface area contributed by atoms with Gasteiger partial charge in [0.15, 0.2) is 5.13 Å². The summed E-state index contributed by atoms with van der Waals surface area (Å²) < 4.78 is 8.54. The summed E-state index contributed by atoms with van der Waals surface area (Å²) in [6.45, 7) is 3.56. The van der Waals surface area contributed by atoms with Gasteiger partial charge < -0.3 is 4.74 Å². The van der Waals surface area contributed by atoms with Crippen molar-refractivity contribution >= 4 is 44.4 Å². The van der Waals surface area contributed by atoms with Gasteiger partial charge in [-0.2, -0.15) is 5.10 Å². The number of carbonyl (C=O) groups is 1. The van der Waals surface area contributed by atoms with Crippen LogP contribution in [0.4, 0.5) is 5.13 Å². The maximum absolute atomic E-state index is 13.5. The van der Waals surface area contributed by atoms with Gasteiger partial charge in [0, 0.05) is 29.4 Å². The van der Waals surface area contributed by atoms with E-state index in [-0.39, 0.29) is 5.91 Å². The molecule has 8 heteroatoms. The van der Waals surface area contributed by atoms with E-state index in [0.717, 1.165) is 20.9 Å². The molecule has 0 fully saturated rings. The Morgan fingerprint density at radius 3 is 2.87 bits per heavy atom. The molecule has 0 saturated heterocycles. The molecule has 6 nitrogen and oxygen atoms in total. The molecule has 154 valence electrons. The summed E-state index contributed by atoms with van der Waals surface area (Å²) in [4.78, 5) is 21.1. The van der Waals surface area contributed by atoms with Crippen molar-refractivity contribution in [1.82, 2.24) is 14.8 Å². The number of aromatic nitrogens is 3. The van der Waals surface area contributed by atoms with E-state index in [0.29, 0.717) is 30.4 Å². The molecule has 4 aromatic rings. The molecule has 0 saturated carbocycles. The van der Waals surface area contributed by atoms with E-state index in [1.807, 2.05) is 72.6 Å². The zero-order valence-corrected chi connectivity index (χ0v) is 18.4. The van der Waals surface area contributed by atoms with Crippen molar-refractivity contribution in [2.24, 2.45) is 0 Å². The van der Waals surface area contributed by atoms with Crippen LogP contribution in [-0.4, -0.2) is 40.1 Å². The molecule has 0 atom stereocenters. The molecule has 0 aliphatic rings. The highest BCUT2D eigenvalue weighted by Crippen LogP contribution is 2.35. The highest BCUT2D eigenvalue weighted by atomic mass is 32.2. The number of hydrogen-bond donors (Lipinski definition) is 0. The van der Waals surface area contributed by atoms with Crippen LogP contribution in [0.3, 0.4) is 0 Å². The molecule has 2 aromatic carbocycles. The van der Waals surface area contributed by atoms with Gasteiger partial charge in [-0.25, -0.2) is 4.98 Å². The summed E-state index contributed by atoms with van der Waals surface area (Å²) in [5.41, 5.74) is 1.43. The SMILES string of the molecule is CCOc1cccc2sc(N(CCn3cccn3)C(=O)c3cccc(SC)c3)nc12. The largest absolute Gasteiger partial charge is 0.492 e. The molecular formula is C22H22N4O2S2. The van der Waals surface area contributed by atoms with Crippen LogP contribution in [0.5, 0.6) is 5.75 Å². The Balaban J connectivity index is 1.71. The number of carbonyl (C=O) groups excluding carboxylic acids is 1. The summed E-state index contributed by atoms with van der Waals surface area (Å²) in [7, 11) is 0. The molecule has 0 aliphatic heterocycles. The first-order valence-corrected chi connectivity index (χ1v) is 11.7. The maximum atomic E-state index is 13.5. The summed E-state index contributed by atoms with van der Waals surface area (Å²) in [6, 6.07) is 15.4. The minimum atomic E-state index is -0.0740. The minimum absolute atomic E-state index is 0.0740. The predicted octanol–water partition coefficient (Wildman–Crippen LogP) is 4.96. The number of ether oxygens (including phenoxy) is 1. The molecule has 1 amide bonds. The smallest absolute Gasteiger partial charge is 0.260 e. The second-order valence-electron chi connectivity index (χ2n) is 6.49. The third-order valence-corrected chi connectivity index (χ3v) is 6.34. The van der Waals surface area contributed by atoms with Crippen LogP contribution in [0.25, 0.3) is 10.2 Å². The number of para-hydroxylation sites is 1. The van der Waals surface area contributed by atoms with Gasteiger partial charge >= 0.3 is 0 Å². The Morgan fingerprint density at radius 1 is 1.23 bits per heavy atom. The normalized spacial score (nSPS) is 11.0. The van der Waals surface area contributed by atoms with Gasteiger partial charge in [-0.3, -0.25) is 14.4 Å². The van der Waals surface area contributed by atoms with Crippen LogP contribution in [-0.2, 0) is 6.54 Å². The van der Waals surface area contributed by atoms with Gasteiger partial charge in [-0.15, -0.1) is 11.8 Å². The number of nitrogens with zero attached hydrogens (tertiary/aromatic N) is 4. The minimum Gasteiger partial charge on any atom is -0.492 e. The molecule has 0 unspecified atom stereocenters. The van der Waals surface area contributed by atoms with Gasteiger partial charge in [0.2, 0.25) is 0 Å². The van der Waals surface area contributed by atoms with Gasteiger partial charge in [-0.1, -0.05) is 23.5 Å². The number of thiazole rings is 1. The number of fused-ring (bicyclic) bond motifs is 1. The van der Waals surface area contributed by atoms with Crippen molar-refractivity contribution in [1.29, 1.82) is 0 Å². The Hall–Kier alpha value is -2.84. The highest BCUT2D eigenvalue weighted by molar-refractivity contribution is 7.98. The van der Waals surface area contributed by atoms with Crippen LogP contribution in [0.1, 0.15) is 17.3 Å². The van der Waals surface area contributed by atoms with Gasteiger partial charge in [0.25, 0.3) is 5.91 Å². The first-order valence-electron chi connectivity index (χ1n) is 9.65. The Morgan fingerprint density at radius 2 is 2.10 bits per heavy atom.